The SMILES string of the molecule is CNC(=O)c1cc(Oc2ccc(NC(=O)Nc3cc(C(F)(F)F)c(Cc4c(C(F)(F)F)ccc(OC(=O)c5ccncc5)c4N)cc3OC(=O)c3ccncc3)cc2)ccn1. The van der Waals surface area contributed by atoms with Crippen LogP contribution in [0.2, 0.25) is 0 Å². The van der Waals surface area contributed by atoms with Crippen LogP contribution in [0.5, 0.6) is 23.0 Å². The Hall–Kier alpha value is -8.03. The molecule has 0 bridgehead atoms. The highest BCUT2D eigenvalue weighted by atomic mass is 19.4. The van der Waals surface area contributed by atoms with E-state index in [1.165, 1.54) is 98.7 Å². The monoisotopic (exact) mass is 845 g/mol. The molecule has 0 radical (unpaired) electrons. The Balaban J connectivity index is 1.33. The molecular formula is C41H29F6N7O7. The van der Waals surface area contributed by atoms with Gasteiger partial charge in [-0.15, -0.1) is 0 Å². The number of benzene rings is 3. The van der Waals surface area contributed by atoms with Gasteiger partial charge in [0.05, 0.1) is 33.6 Å². The zero-order chi connectivity index (χ0) is 43.9. The van der Waals surface area contributed by atoms with E-state index in [0.717, 1.165) is 6.07 Å². The molecule has 0 unspecified atom stereocenters. The molecule has 3 aromatic carbocycles. The van der Waals surface area contributed by atoms with Gasteiger partial charge < -0.3 is 35.9 Å². The number of carbonyl (C=O) groups excluding carboxylic acids is 4. The second-order valence-electron chi connectivity index (χ2n) is 12.6. The van der Waals surface area contributed by atoms with Crippen molar-refractivity contribution in [2.45, 2.75) is 18.8 Å². The van der Waals surface area contributed by atoms with E-state index in [1.54, 1.807) is 0 Å². The Kier molecular flexibility index (Phi) is 12.5. The van der Waals surface area contributed by atoms with Crippen molar-refractivity contribution in [1.29, 1.82) is 0 Å². The first kappa shape index (κ1) is 42.6. The van der Waals surface area contributed by atoms with Crippen molar-refractivity contribution < 1.29 is 59.7 Å². The number of alkyl halides is 6. The van der Waals surface area contributed by atoms with Crippen molar-refractivity contribution in [2.24, 2.45) is 0 Å². The van der Waals surface area contributed by atoms with E-state index in [4.69, 9.17) is 19.9 Å². The van der Waals surface area contributed by atoms with Crippen molar-refractivity contribution in [3.63, 3.8) is 0 Å². The molecule has 3 aromatic heterocycles. The van der Waals surface area contributed by atoms with Gasteiger partial charge in [-0.05, 0) is 90.0 Å². The smallest absolute Gasteiger partial charge is 0.416 e. The number of esters is 2. The number of hydrogen-bond donors (Lipinski definition) is 4. The zero-order valence-electron chi connectivity index (χ0n) is 31.2. The highest BCUT2D eigenvalue weighted by Gasteiger charge is 2.39. The van der Waals surface area contributed by atoms with E-state index in [2.05, 4.69) is 30.9 Å². The number of anilines is 3. The molecule has 0 spiro atoms. The zero-order valence-corrected chi connectivity index (χ0v) is 31.2. The third-order valence-corrected chi connectivity index (χ3v) is 8.53. The standard InChI is InChI=1S/C41H29F6N7O7/c1-49-36(55)32-20-27(12-17-52-32)59-26-4-2-25(3-5-26)53-39(58)54-31-21-30(41(45,46)47)24(19-34(31)61-38(57)23-10-15-51-16-11-23)18-28-29(40(42,43)44)6-7-33(35(28)48)60-37(56)22-8-13-50-14-9-22/h2-17,19-21H,18,48H2,1H3,(H,49,55)(H2,53,54,58). The lowest BCUT2D eigenvalue weighted by Crippen LogP contribution is -2.22. The number of halogens is 6. The van der Waals surface area contributed by atoms with Gasteiger partial charge in [0.15, 0.2) is 11.5 Å². The number of carbonyl (C=O) groups is 4. The number of nitrogen functional groups attached to an aromatic ring is 1. The summed E-state index contributed by atoms with van der Waals surface area (Å²) in [5.41, 5.74) is -0.0906. The van der Waals surface area contributed by atoms with Crippen LogP contribution in [-0.2, 0) is 18.8 Å². The fourth-order valence-electron chi connectivity index (χ4n) is 5.64. The molecular weight excluding hydrogens is 816 g/mol. The molecule has 312 valence electrons. The minimum atomic E-state index is -5.26. The van der Waals surface area contributed by atoms with Crippen LogP contribution in [0.4, 0.5) is 48.2 Å². The third-order valence-electron chi connectivity index (χ3n) is 8.53. The number of nitrogens with one attached hydrogen (secondary N) is 3. The van der Waals surface area contributed by atoms with Gasteiger partial charge in [0.2, 0.25) is 0 Å². The number of urea groups is 1. The van der Waals surface area contributed by atoms with Crippen LogP contribution in [0.25, 0.3) is 0 Å². The topological polar surface area (TPSA) is 197 Å². The van der Waals surface area contributed by atoms with E-state index in [-0.39, 0.29) is 34.0 Å². The maximum Gasteiger partial charge on any atom is 0.416 e. The van der Waals surface area contributed by atoms with E-state index in [0.29, 0.717) is 18.2 Å². The van der Waals surface area contributed by atoms with Crippen molar-refractivity contribution in [2.75, 3.05) is 23.4 Å². The summed E-state index contributed by atoms with van der Waals surface area (Å²) in [6, 6.07) is 14.7. The van der Waals surface area contributed by atoms with Gasteiger partial charge in [-0.2, -0.15) is 26.3 Å². The summed E-state index contributed by atoms with van der Waals surface area (Å²) in [5.74, 6) is -3.35. The predicted molar refractivity (Wildman–Crippen MR) is 205 cm³/mol. The fraction of sp³-hybridized carbons (Fsp3) is 0.0976. The van der Waals surface area contributed by atoms with Crippen molar-refractivity contribution >= 4 is 40.9 Å². The van der Waals surface area contributed by atoms with Crippen LogP contribution >= 0.6 is 0 Å². The largest absolute Gasteiger partial charge is 0.457 e. The Labute approximate surface area is 340 Å². The van der Waals surface area contributed by atoms with Gasteiger partial charge in [0, 0.05) is 56.2 Å². The lowest BCUT2D eigenvalue weighted by molar-refractivity contribution is -0.138. The van der Waals surface area contributed by atoms with Crippen LogP contribution in [0.1, 0.15) is 53.5 Å². The Morgan fingerprint density at radius 2 is 1.25 bits per heavy atom. The minimum absolute atomic E-state index is 0.0476. The minimum Gasteiger partial charge on any atom is -0.457 e. The molecule has 0 fully saturated rings. The summed E-state index contributed by atoms with van der Waals surface area (Å²) >= 11 is 0. The van der Waals surface area contributed by atoms with E-state index >= 15 is 0 Å². The van der Waals surface area contributed by atoms with Crippen molar-refractivity contribution in [1.82, 2.24) is 20.3 Å². The summed E-state index contributed by atoms with van der Waals surface area (Å²) < 4.78 is 104. The lowest BCUT2D eigenvalue weighted by Gasteiger charge is -2.21. The van der Waals surface area contributed by atoms with Gasteiger partial charge in [-0.3, -0.25) is 19.7 Å². The molecule has 5 N–H and O–H groups in total. The molecule has 3 heterocycles. The number of rotatable bonds is 11. The Morgan fingerprint density at radius 3 is 1.82 bits per heavy atom. The molecule has 0 aliphatic heterocycles. The first-order valence-corrected chi connectivity index (χ1v) is 17.5. The summed E-state index contributed by atoms with van der Waals surface area (Å²) in [5, 5.41) is 7.06. The van der Waals surface area contributed by atoms with Crippen LogP contribution in [0, 0.1) is 0 Å². The molecule has 0 saturated carbocycles. The second-order valence-corrected chi connectivity index (χ2v) is 12.6. The number of ether oxygens (including phenoxy) is 3. The third kappa shape index (κ3) is 10.5. The molecule has 0 aliphatic rings. The maximum absolute atomic E-state index is 14.8. The molecule has 6 aromatic rings. The van der Waals surface area contributed by atoms with Gasteiger partial charge in [-0.1, -0.05) is 0 Å². The normalized spacial score (nSPS) is 11.3. The molecule has 0 aliphatic carbocycles. The first-order chi connectivity index (χ1) is 29.0. The summed E-state index contributed by atoms with van der Waals surface area (Å²) in [4.78, 5) is 62.6. The maximum atomic E-state index is 14.8. The predicted octanol–water partition coefficient (Wildman–Crippen LogP) is 8.32. The molecule has 61 heavy (non-hydrogen) atoms. The number of nitrogens with two attached hydrogens (primary N) is 1. The fourth-order valence-corrected chi connectivity index (χ4v) is 5.64. The van der Waals surface area contributed by atoms with Gasteiger partial charge in [0.1, 0.15) is 17.2 Å². The molecule has 0 atom stereocenters. The van der Waals surface area contributed by atoms with Crippen LogP contribution in [-0.4, -0.2) is 45.9 Å². The number of nitrogens with zero attached hydrogens (tertiary/aromatic N) is 3. The number of pyridine rings is 3. The van der Waals surface area contributed by atoms with Crippen LogP contribution in [0.3, 0.4) is 0 Å². The van der Waals surface area contributed by atoms with Crippen molar-refractivity contribution in [3.05, 3.63) is 155 Å². The average molecular weight is 846 g/mol. The van der Waals surface area contributed by atoms with Gasteiger partial charge in [0.25, 0.3) is 5.91 Å². The van der Waals surface area contributed by atoms with Crippen molar-refractivity contribution in [3.8, 4) is 23.0 Å². The molecule has 20 heteroatoms. The molecule has 14 nitrogen and oxygen atoms in total. The van der Waals surface area contributed by atoms with E-state index in [9.17, 15) is 45.5 Å². The molecule has 3 amide bonds. The average Bonchev–Trinajstić information content (AvgIpc) is 3.23. The summed E-state index contributed by atoms with van der Waals surface area (Å²) in [6.45, 7) is 0. The lowest BCUT2D eigenvalue weighted by atomic mass is 9.93. The Morgan fingerprint density at radius 1 is 0.656 bits per heavy atom. The molecule has 6 rings (SSSR count). The Bertz CT molecular complexity index is 2590. The first-order valence-electron chi connectivity index (χ1n) is 17.5. The summed E-state index contributed by atoms with van der Waals surface area (Å²) in [6.07, 6.45) is -5.27. The number of aromatic nitrogens is 3. The van der Waals surface area contributed by atoms with Gasteiger partial charge >= 0.3 is 30.3 Å². The summed E-state index contributed by atoms with van der Waals surface area (Å²) in [7, 11) is 1.43. The second kappa shape index (κ2) is 17.9. The van der Waals surface area contributed by atoms with Crippen LogP contribution < -0.4 is 35.9 Å². The quantitative estimate of drug-likeness (QED) is 0.0424. The number of hydrogen-bond acceptors (Lipinski definition) is 11. The van der Waals surface area contributed by atoms with E-state index < -0.39 is 87.8 Å². The van der Waals surface area contributed by atoms with Crippen LogP contribution in [0.15, 0.2) is 116 Å². The molecule has 0 saturated heterocycles. The highest BCUT2D eigenvalue weighted by Crippen LogP contribution is 2.44. The highest BCUT2D eigenvalue weighted by molar-refractivity contribution is 6.01. The number of amides is 3. The van der Waals surface area contributed by atoms with Gasteiger partial charge in [-0.25, -0.2) is 14.4 Å². The van der Waals surface area contributed by atoms with E-state index in [1.807, 2.05) is 0 Å².